The number of thioether (sulfide) groups is 1. The number of benzene rings is 1. The molecule has 0 fully saturated rings. The van der Waals surface area contributed by atoms with Crippen LogP contribution in [0.5, 0.6) is 0 Å². The quantitative estimate of drug-likeness (QED) is 0.568. The molecule has 0 aliphatic rings. The summed E-state index contributed by atoms with van der Waals surface area (Å²) in [6.45, 7) is 7.71. The molecule has 0 saturated carbocycles. The van der Waals surface area contributed by atoms with Crippen LogP contribution >= 0.6 is 11.8 Å². The summed E-state index contributed by atoms with van der Waals surface area (Å²) in [6.07, 6.45) is 1.01. The third kappa shape index (κ3) is 4.71. The number of hydrogen-bond acceptors (Lipinski definition) is 3. The Kier molecular flexibility index (Phi) is 4.42. The van der Waals surface area contributed by atoms with Gasteiger partial charge in [0.25, 0.3) is 0 Å². The first-order valence-corrected chi connectivity index (χ1v) is 6.22. The molecule has 1 aromatic carbocycles. The van der Waals surface area contributed by atoms with Gasteiger partial charge in [-0.1, -0.05) is 19.1 Å². The Bertz CT molecular complexity index is 349. The Balaban J connectivity index is 2.56. The van der Waals surface area contributed by atoms with Gasteiger partial charge in [-0.3, -0.25) is 0 Å². The molecule has 0 amide bonds. The summed E-state index contributed by atoms with van der Waals surface area (Å²) < 4.78 is 5.22. The smallest absolute Gasteiger partial charge is 0.372 e. The number of ether oxygens (including phenoxy) is 1. The number of hydrogen-bond donors (Lipinski definition) is 0. The van der Waals surface area contributed by atoms with E-state index in [0.717, 1.165) is 23.1 Å². The van der Waals surface area contributed by atoms with E-state index in [1.54, 1.807) is 0 Å². The van der Waals surface area contributed by atoms with E-state index in [1.807, 2.05) is 45.0 Å². The van der Waals surface area contributed by atoms with E-state index in [1.165, 1.54) is 5.56 Å². The maximum absolute atomic E-state index is 11.5. The highest BCUT2D eigenvalue weighted by atomic mass is 32.2. The fourth-order valence-corrected chi connectivity index (χ4v) is 1.92. The Morgan fingerprint density at radius 2 is 1.81 bits per heavy atom. The molecule has 0 saturated heterocycles. The maximum Gasteiger partial charge on any atom is 0.372 e. The summed E-state index contributed by atoms with van der Waals surface area (Å²) in [5.74, 6) is 0. The number of aryl methyl sites for hydroxylation is 1. The molecule has 0 spiro atoms. The second-order valence-corrected chi connectivity index (χ2v) is 5.57. The Morgan fingerprint density at radius 3 is 2.25 bits per heavy atom. The molecule has 3 heteroatoms. The lowest BCUT2D eigenvalue weighted by Gasteiger charge is -2.18. The molecule has 0 N–H and O–H groups in total. The van der Waals surface area contributed by atoms with Crippen LogP contribution < -0.4 is 0 Å². The van der Waals surface area contributed by atoms with Gasteiger partial charge in [-0.05, 0) is 56.7 Å². The molecule has 0 unspecified atom stereocenters. The highest BCUT2D eigenvalue weighted by Crippen LogP contribution is 2.23. The Labute approximate surface area is 101 Å². The van der Waals surface area contributed by atoms with Gasteiger partial charge in [0.2, 0.25) is 0 Å². The van der Waals surface area contributed by atoms with Gasteiger partial charge in [0.05, 0.1) is 0 Å². The molecule has 16 heavy (non-hydrogen) atoms. The average molecular weight is 238 g/mol. The van der Waals surface area contributed by atoms with Crippen LogP contribution in [0, 0.1) is 0 Å². The van der Waals surface area contributed by atoms with Gasteiger partial charge in [-0.25, -0.2) is 4.79 Å². The van der Waals surface area contributed by atoms with Crippen molar-refractivity contribution in [2.24, 2.45) is 0 Å². The van der Waals surface area contributed by atoms with Crippen molar-refractivity contribution in [1.29, 1.82) is 0 Å². The second-order valence-electron chi connectivity index (χ2n) is 4.56. The zero-order valence-corrected chi connectivity index (χ0v) is 11.1. The first-order chi connectivity index (χ1) is 7.40. The van der Waals surface area contributed by atoms with E-state index >= 15 is 0 Å². The molecule has 1 rings (SSSR count). The fraction of sp³-hybridized carbons (Fsp3) is 0.462. The van der Waals surface area contributed by atoms with Crippen molar-refractivity contribution in [3.8, 4) is 0 Å². The first-order valence-electron chi connectivity index (χ1n) is 5.40. The predicted molar refractivity (Wildman–Crippen MR) is 67.9 cm³/mol. The largest absolute Gasteiger partial charge is 0.452 e. The minimum absolute atomic E-state index is 0.253. The lowest BCUT2D eigenvalue weighted by molar-refractivity contribution is 0.0738. The van der Waals surface area contributed by atoms with Gasteiger partial charge >= 0.3 is 5.30 Å². The van der Waals surface area contributed by atoms with Crippen LogP contribution in [0.3, 0.4) is 0 Å². The van der Waals surface area contributed by atoms with Crippen LogP contribution in [-0.4, -0.2) is 10.9 Å². The zero-order valence-electron chi connectivity index (χ0n) is 10.2. The van der Waals surface area contributed by atoms with E-state index in [2.05, 4.69) is 6.92 Å². The molecule has 0 aromatic heterocycles. The molecular formula is C13H18O2S. The van der Waals surface area contributed by atoms with Gasteiger partial charge in [0.15, 0.2) is 0 Å². The number of rotatable bonds is 2. The topological polar surface area (TPSA) is 26.3 Å². The van der Waals surface area contributed by atoms with Crippen molar-refractivity contribution in [2.75, 3.05) is 0 Å². The van der Waals surface area contributed by atoms with E-state index in [0.29, 0.717) is 0 Å². The van der Waals surface area contributed by atoms with Crippen molar-refractivity contribution in [3.63, 3.8) is 0 Å². The van der Waals surface area contributed by atoms with Gasteiger partial charge < -0.3 is 4.74 Å². The molecule has 0 bridgehead atoms. The van der Waals surface area contributed by atoms with Crippen LogP contribution in [-0.2, 0) is 11.2 Å². The van der Waals surface area contributed by atoms with Crippen molar-refractivity contribution >= 4 is 17.1 Å². The van der Waals surface area contributed by atoms with Crippen molar-refractivity contribution in [3.05, 3.63) is 29.8 Å². The van der Waals surface area contributed by atoms with Crippen LogP contribution in [0.1, 0.15) is 33.3 Å². The minimum atomic E-state index is -0.423. The molecule has 1 aromatic rings. The summed E-state index contributed by atoms with van der Waals surface area (Å²) >= 11 is 1.13. The normalized spacial score (nSPS) is 11.2. The van der Waals surface area contributed by atoms with Crippen LogP contribution in [0.25, 0.3) is 0 Å². The summed E-state index contributed by atoms with van der Waals surface area (Å²) in [6, 6.07) is 7.97. The first kappa shape index (κ1) is 13.1. The zero-order chi connectivity index (χ0) is 12.2. The van der Waals surface area contributed by atoms with E-state index < -0.39 is 5.60 Å². The summed E-state index contributed by atoms with van der Waals surface area (Å²) in [5.41, 5.74) is 0.849. The highest BCUT2D eigenvalue weighted by Gasteiger charge is 2.16. The van der Waals surface area contributed by atoms with Gasteiger partial charge in [0, 0.05) is 4.90 Å². The van der Waals surface area contributed by atoms with Crippen LogP contribution in [0.15, 0.2) is 29.2 Å². The number of carbonyl (C=O) groups excluding carboxylic acids is 1. The third-order valence-corrected chi connectivity index (χ3v) is 2.68. The van der Waals surface area contributed by atoms with Crippen molar-refractivity contribution in [1.82, 2.24) is 0 Å². The molecule has 0 radical (unpaired) electrons. The minimum Gasteiger partial charge on any atom is -0.452 e. The van der Waals surface area contributed by atoms with Gasteiger partial charge in [-0.2, -0.15) is 0 Å². The fourth-order valence-electron chi connectivity index (χ4n) is 1.16. The van der Waals surface area contributed by atoms with Gasteiger partial charge in [0.1, 0.15) is 5.60 Å². The lowest BCUT2D eigenvalue weighted by Crippen LogP contribution is -2.21. The standard InChI is InChI=1S/C13H18O2S/c1-5-10-6-8-11(9-7-10)16-12(14)15-13(2,3)4/h6-9H,5H2,1-4H3. The second kappa shape index (κ2) is 5.39. The molecule has 0 heterocycles. The maximum atomic E-state index is 11.5. The van der Waals surface area contributed by atoms with Crippen LogP contribution in [0.4, 0.5) is 4.79 Å². The van der Waals surface area contributed by atoms with E-state index in [9.17, 15) is 4.79 Å². The summed E-state index contributed by atoms with van der Waals surface area (Å²) in [5, 5.41) is -0.253. The lowest BCUT2D eigenvalue weighted by atomic mass is 10.2. The predicted octanol–water partition coefficient (Wildman–Crippen LogP) is 4.28. The molecule has 2 nitrogen and oxygen atoms in total. The Morgan fingerprint density at radius 1 is 1.25 bits per heavy atom. The summed E-state index contributed by atoms with van der Waals surface area (Å²) in [7, 11) is 0. The van der Waals surface area contributed by atoms with E-state index in [4.69, 9.17) is 4.74 Å². The monoisotopic (exact) mass is 238 g/mol. The molecule has 0 aliphatic carbocycles. The molecule has 0 atom stereocenters. The van der Waals surface area contributed by atoms with Crippen LogP contribution in [0.2, 0.25) is 0 Å². The molecule has 88 valence electrons. The van der Waals surface area contributed by atoms with Crippen molar-refractivity contribution < 1.29 is 9.53 Å². The summed E-state index contributed by atoms with van der Waals surface area (Å²) in [4.78, 5) is 12.4. The number of carbonyl (C=O) groups is 1. The van der Waals surface area contributed by atoms with E-state index in [-0.39, 0.29) is 5.30 Å². The van der Waals surface area contributed by atoms with Gasteiger partial charge in [-0.15, -0.1) is 0 Å². The van der Waals surface area contributed by atoms with Crippen molar-refractivity contribution in [2.45, 2.75) is 44.6 Å². The molecule has 0 aliphatic heterocycles. The Hall–Kier alpha value is -0.960. The SMILES string of the molecule is CCc1ccc(SC(=O)OC(C)(C)C)cc1. The third-order valence-electron chi connectivity index (χ3n) is 1.92. The molecular weight excluding hydrogens is 220 g/mol. The highest BCUT2D eigenvalue weighted by molar-refractivity contribution is 8.13. The average Bonchev–Trinajstić information content (AvgIpc) is 2.16.